The Balaban J connectivity index is 2.01. The first-order valence-corrected chi connectivity index (χ1v) is 7.05. The Morgan fingerprint density at radius 2 is 2.06 bits per heavy atom. The maximum atomic E-state index is 9.53. The van der Waals surface area contributed by atoms with E-state index in [0.29, 0.717) is 0 Å². The number of halogens is 1. The zero-order valence-corrected chi connectivity index (χ0v) is 11.9. The second-order valence-corrected chi connectivity index (χ2v) is 5.95. The first-order chi connectivity index (χ1) is 8.15. The van der Waals surface area contributed by atoms with Crippen molar-refractivity contribution < 1.29 is 5.11 Å². The molecule has 1 aromatic carbocycles. The maximum Gasteiger partial charge on any atom is 0.0613 e. The van der Waals surface area contributed by atoms with Crippen LogP contribution in [0.4, 0.5) is 0 Å². The molecule has 94 valence electrons. The lowest BCUT2D eigenvalue weighted by Crippen LogP contribution is -2.45. The van der Waals surface area contributed by atoms with Gasteiger partial charge in [0.15, 0.2) is 0 Å². The van der Waals surface area contributed by atoms with Crippen LogP contribution in [-0.4, -0.2) is 17.3 Å². The number of hydrogen-bond acceptors (Lipinski definition) is 2. The van der Waals surface area contributed by atoms with Crippen LogP contribution < -0.4 is 5.32 Å². The van der Waals surface area contributed by atoms with Gasteiger partial charge in [-0.2, -0.15) is 0 Å². The molecule has 1 aromatic rings. The summed E-state index contributed by atoms with van der Waals surface area (Å²) in [6.07, 6.45) is 4.63. The molecule has 0 radical (unpaired) electrons. The van der Waals surface area contributed by atoms with E-state index in [-0.39, 0.29) is 12.1 Å². The van der Waals surface area contributed by atoms with Crippen molar-refractivity contribution >= 4 is 15.9 Å². The number of aliphatic hydroxyl groups is 1. The molecule has 2 rings (SSSR count). The molecular formula is C14H20BrNO. The Labute approximate surface area is 112 Å². The molecule has 0 aromatic heterocycles. The van der Waals surface area contributed by atoms with Gasteiger partial charge in [-0.1, -0.05) is 40.9 Å². The lowest BCUT2D eigenvalue weighted by atomic mass is 9.98. The van der Waals surface area contributed by atoms with Crippen LogP contribution in [0.15, 0.2) is 22.7 Å². The molecule has 0 amide bonds. The maximum absolute atomic E-state index is 9.53. The van der Waals surface area contributed by atoms with Gasteiger partial charge in [-0.05, 0) is 37.0 Å². The van der Waals surface area contributed by atoms with Gasteiger partial charge in [-0.15, -0.1) is 0 Å². The summed E-state index contributed by atoms with van der Waals surface area (Å²) < 4.78 is 1.15. The number of aryl methyl sites for hydroxylation is 1. The van der Waals surface area contributed by atoms with Gasteiger partial charge in [0.2, 0.25) is 0 Å². The van der Waals surface area contributed by atoms with E-state index < -0.39 is 0 Å². The second kappa shape index (κ2) is 5.51. The first-order valence-electron chi connectivity index (χ1n) is 6.26. The van der Waals surface area contributed by atoms with E-state index >= 15 is 0 Å². The van der Waals surface area contributed by atoms with Gasteiger partial charge in [0.25, 0.3) is 0 Å². The normalized spacial score (nSPS) is 18.5. The summed E-state index contributed by atoms with van der Waals surface area (Å²) in [5.74, 6) is 0. The van der Waals surface area contributed by atoms with Crippen molar-refractivity contribution in [2.45, 2.75) is 44.7 Å². The third kappa shape index (κ3) is 3.09. The van der Waals surface area contributed by atoms with Gasteiger partial charge in [0, 0.05) is 16.6 Å². The molecule has 1 aliphatic carbocycles. The predicted molar refractivity (Wildman–Crippen MR) is 74.0 cm³/mol. The van der Waals surface area contributed by atoms with E-state index in [1.807, 2.05) is 0 Å². The van der Waals surface area contributed by atoms with Crippen LogP contribution in [0, 0.1) is 6.92 Å². The van der Waals surface area contributed by atoms with Crippen molar-refractivity contribution in [3.05, 3.63) is 33.8 Å². The third-order valence-electron chi connectivity index (χ3n) is 3.73. The zero-order valence-electron chi connectivity index (χ0n) is 10.3. The van der Waals surface area contributed by atoms with Crippen LogP contribution in [0.1, 0.15) is 36.8 Å². The van der Waals surface area contributed by atoms with Gasteiger partial charge < -0.3 is 10.4 Å². The highest BCUT2D eigenvalue weighted by Crippen LogP contribution is 2.30. The quantitative estimate of drug-likeness (QED) is 0.895. The number of nitrogens with one attached hydrogen (secondary N) is 1. The average molecular weight is 298 g/mol. The van der Waals surface area contributed by atoms with Crippen molar-refractivity contribution in [2.24, 2.45) is 0 Å². The molecule has 0 spiro atoms. The number of hydrogen-bond donors (Lipinski definition) is 2. The molecule has 17 heavy (non-hydrogen) atoms. The minimum atomic E-state index is -0.0374. The van der Waals surface area contributed by atoms with E-state index in [1.165, 1.54) is 24.0 Å². The van der Waals surface area contributed by atoms with Gasteiger partial charge in [0.05, 0.1) is 6.61 Å². The van der Waals surface area contributed by atoms with Crippen molar-refractivity contribution in [1.29, 1.82) is 0 Å². The average Bonchev–Trinajstić information content (AvgIpc) is 2.77. The number of rotatable bonds is 4. The van der Waals surface area contributed by atoms with Gasteiger partial charge in [0.1, 0.15) is 0 Å². The molecule has 0 bridgehead atoms. The summed E-state index contributed by atoms with van der Waals surface area (Å²) in [6, 6.07) is 6.41. The Bertz CT molecular complexity index is 386. The predicted octanol–water partition coefficient (Wildman–Crippen LogP) is 3.15. The summed E-state index contributed by atoms with van der Waals surface area (Å²) in [5, 5.41) is 13.1. The van der Waals surface area contributed by atoms with Crippen LogP contribution in [0.25, 0.3) is 0 Å². The van der Waals surface area contributed by atoms with Gasteiger partial charge in [-0.25, -0.2) is 0 Å². The summed E-state index contributed by atoms with van der Waals surface area (Å²) in [4.78, 5) is 0. The molecule has 1 aliphatic rings. The molecule has 0 atom stereocenters. The summed E-state index contributed by atoms with van der Waals surface area (Å²) >= 11 is 3.59. The minimum absolute atomic E-state index is 0.0374. The van der Waals surface area contributed by atoms with E-state index in [4.69, 9.17) is 0 Å². The van der Waals surface area contributed by atoms with Crippen LogP contribution in [0.5, 0.6) is 0 Å². The summed E-state index contributed by atoms with van der Waals surface area (Å²) in [5.41, 5.74) is 2.48. The largest absolute Gasteiger partial charge is 0.394 e. The van der Waals surface area contributed by atoms with Crippen LogP contribution in [0.2, 0.25) is 0 Å². The highest BCUT2D eigenvalue weighted by atomic mass is 79.9. The van der Waals surface area contributed by atoms with Crippen molar-refractivity contribution in [3.8, 4) is 0 Å². The van der Waals surface area contributed by atoms with E-state index in [2.05, 4.69) is 46.4 Å². The molecule has 2 nitrogen and oxygen atoms in total. The molecular weight excluding hydrogens is 278 g/mol. The van der Waals surface area contributed by atoms with E-state index in [0.717, 1.165) is 23.9 Å². The number of benzene rings is 1. The fourth-order valence-corrected chi connectivity index (χ4v) is 3.15. The molecule has 0 saturated heterocycles. The lowest BCUT2D eigenvalue weighted by molar-refractivity contribution is 0.163. The molecule has 1 fully saturated rings. The minimum Gasteiger partial charge on any atom is -0.394 e. The van der Waals surface area contributed by atoms with Crippen LogP contribution >= 0.6 is 15.9 Å². The Morgan fingerprint density at radius 1 is 1.35 bits per heavy atom. The molecule has 0 unspecified atom stereocenters. The Morgan fingerprint density at radius 3 is 2.65 bits per heavy atom. The van der Waals surface area contributed by atoms with Crippen molar-refractivity contribution in [1.82, 2.24) is 5.32 Å². The first kappa shape index (κ1) is 13.1. The fourth-order valence-electron chi connectivity index (χ4n) is 2.52. The fraction of sp³-hybridized carbons (Fsp3) is 0.571. The number of aliphatic hydroxyl groups excluding tert-OH is 1. The highest BCUT2D eigenvalue weighted by Gasteiger charge is 2.32. The van der Waals surface area contributed by atoms with Gasteiger partial charge in [-0.3, -0.25) is 0 Å². The Hall–Kier alpha value is -0.380. The molecule has 2 N–H and O–H groups in total. The van der Waals surface area contributed by atoms with Crippen molar-refractivity contribution in [2.75, 3.05) is 6.61 Å². The molecule has 3 heteroatoms. The third-order valence-corrected chi connectivity index (χ3v) is 4.46. The SMILES string of the molecule is Cc1ccc(CNC2(CO)CCCC2)c(Br)c1. The zero-order chi connectivity index (χ0) is 12.3. The molecule has 0 aliphatic heterocycles. The van der Waals surface area contributed by atoms with E-state index in [1.54, 1.807) is 0 Å². The second-order valence-electron chi connectivity index (χ2n) is 5.09. The van der Waals surface area contributed by atoms with Crippen LogP contribution in [0.3, 0.4) is 0 Å². The van der Waals surface area contributed by atoms with Gasteiger partial charge >= 0.3 is 0 Å². The standard InChI is InChI=1S/C14H20BrNO/c1-11-4-5-12(13(15)8-11)9-16-14(10-17)6-2-3-7-14/h4-5,8,16-17H,2-3,6-7,9-10H2,1H3. The monoisotopic (exact) mass is 297 g/mol. The topological polar surface area (TPSA) is 32.3 Å². The summed E-state index contributed by atoms with van der Waals surface area (Å²) in [6.45, 7) is 3.16. The van der Waals surface area contributed by atoms with Crippen molar-refractivity contribution in [3.63, 3.8) is 0 Å². The summed E-state index contributed by atoms with van der Waals surface area (Å²) in [7, 11) is 0. The smallest absolute Gasteiger partial charge is 0.0613 e. The Kier molecular flexibility index (Phi) is 4.23. The molecule has 1 saturated carbocycles. The highest BCUT2D eigenvalue weighted by molar-refractivity contribution is 9.10. The van der Waals surface area contributed by atoms with Crippen LogP contribution in [-0.2, 0) is 6.54 Å². The lowest BCUT2D eigenvalue weighted by Gasteiger charge is -2.28. The molecule has 0 heterocycles. The van der Waals surface area contributed by atoms with E-state index in [9.17, 15) is 5.11 Å².